The molecule has 4 nitrogen and oxygen atoms in total. The van der Waals surface area contributed by atoms with Crippen molar-refractivity contribution in [1.82, 2.24) is 9.97 Å². The van der Waals surface area contributed by atoms with Crippen molar-refractivity contribution in [3.63, 3.8) is 0 Å². The molecule has 2 aromatic rings. The van der Waals surface area contributed by atoms with Crippen LogP contribution in [0.2, 0.25) is 0 Å². The van der Waals surface area contributed by atoms with Gasteiger partial charge < -0.3 is 10.1 Å². The molecule has 1 N–H and O–H groups in total. The number of ether oxygens (including phenoxy) is 1. The van der Waals surface area contributed by atoms with E-state index in [1.807, 2.05) is 12.1 Å². The minimum atomic E-state index is -0.434. The van der Waals surface area contributed by atoms with Gasteiger partial charge in [-0.1, -0.05) is 6.07 Å². The Labute approximate surface area is 127 Å². The second kappa shape index (κ2) is 6.30. The van der Waals surface area contributed by atoms with E-state index in [4.69, 9.17) is 4.74 Å². The fourth-order valence-corrected chi connectivity index (χ4v) is 3.60. The molecule has 1 aliphatic heterocycles. The van der Waals surface area contributed by atoms with Crippen LogP contribution in [0.15, 0.2) is 35.4 Å². The summed E-state index contributed by atoms with van der Waals surface area (Å²) in [5.74, 6) is 1.36. The lowest BCUT2D eigenvalue weighted by molar-refractivity contribution is 0.413. The minimum absolute atomic E-state index is 0.235. The third-order valence-electron chi connectivity index (χ3n) is 3.33. The topological polar surface area (TPSA) is 47.0 Å². The van der Waals surface area contributed by atoms with Crippen LogP contribution in [0.4, 0.5) is 10.3 Å². The lowest BCUT2D eigenvalue weighted by atomic mass is 10.1. The average molecular weight is 305 g/mol. The summed E-state index contributed by atoms with van der Waals surface area (Å²) in [5, 5.41) is 3.14. The zero-order valence-corrected chi connectivity index (χ0v) is 12.5. The number of hydrogen-bond donors (Lipinski definition) is 1. The molecule has 2 heterocycles. The number of thioether (sulfide) groups is 1. The maximum atomic E-state index is 12.2. The molecule has 1 aliphatic rings. The summed E-state index contributed by atoms with van der Waals surface area (Å²) >= 11 is 1.78. The van der Waals surface area contributed by atoms with Gasteiger partial charge in [0.15, 0.2) is 0 Å². The van der Waals surface area contributed by atoms with Crippen LogP contribution in [-0.2, 0) is 6.42 Å². The predicted octanol–water partition coefficient (Wildman–Crippen LogP) is 3.26. The summed E-state index contributed by atoms with van der Waals surface area (Å²) < 4.78 is 17.5. The van der Waals surface area contributed by atoms with Crippen molar-refractivity contribution in [2.24, 2.45) is 0 Å². The standard InChI is InChI=1S/C15H16FN3OS/c1-20-11-3-2-10-8-14(21-13(10)9-11)12-4-6-17-15(19-12)18-7-5-16/h2-4,6,9,14H,5,7-8H2,1H3,(H,17,18,19). The van der Waals surface area contributed by atoms with Gasteiger partial charge in [0.25, 0.3) is 0 Å². The molecule has 0 saturated carbocycles. The molecule has 3 rings (SSSR count). The van der Waals surface area contributed by atoms with Gasteiger partial charge in [-0.2, -0.15) is 0 Å². The van der Waals surface area contributed by atoms with E-state index in [0.717, 1.165) is 17.9 Å². The van der Waals surface area contributed by atoms with Crippen molar-refractivity contribution in [1.29, 1.82) is 0 Å². The lowest BCUT2D eigenvalue weighted by Crippen LogP contribution is -2.08. The zero-order valence-electron chi connectivity index (χ0n) is 11.7. The third-order valence-corrected chi connectivity index (χ3v) is 4.66. The SMILES string of the molecule is COc1ccc2c(c1)SC(c1ccnc(NCCF)n1)C2. The number of alkyl halides is 1. The Morgan fingerprint density at radius 1 is 1.43 bits per heavy atom. The van der Waals surface area contributed by atoms with Crippen LogP contribution in [0.3, 0.4) is 0 Å². The van der Waals surface area contributed by atoms with Crippen LogP contribution in [0.1, 0.15) is 16.5 Å². The number of methoxy groups -OCH3 is 1. The maximum Gasteiger partial charge on any atom is 0.222 e. The number of benzene rings is 1. The van der Waals surface area contributed by atoms with Gasteiger partial charge in [-0.15, -0.1) is 11.8 Å². The van der Waals surface area contributed by atoms with Gasteiger partial charge in [0.05, 0.1) is 18.1 Å². The van der Waals surface area contributed by atoms with E-state index in [0.29, 0.717) is 5.95 Å². The largest absolute Gasteiger partial charge is 0.497 e. The monoisotopic (exact) mass is 305 g/mol. The van der Waals surface area contributed by atoms with E-state index >= 15 is 0 Å². The van der Waals surface area contributed by atoms with E-state index < -0.39 is 6.67 Å². The lowest BCUT2D eigenvalue weighted by Gasteiger charge is -2.09. The molecule has 0 bridgehead atoms. The second-order valence-corrected chi connectivity index (χ2v) is 5.95. The first-order valence-electron chi connectivity index (χ1n) is 6.76. The average Bonchev–Trinajstić information content (AvgIpc) is 2.96. The van der Waals surface area contributed by atoms with Crippen molar-refractivity contribution in [3.05, 3.63) is 41.7 Å². The first-order valence-corrected chi connectivity index (χ1v) is 7.64. The maximum absolute atomic E-state index is 12.2. The summed E-state index contributed by atoms with van der Waals surface area (Å²) in [6, 6.07) is 8.06. The normalized spacial score (nSPS) is 16.6. The molecular formula is C15H16FN3OS. The Hall–Kier alpha value is -1.82. The van der Waals surface area contributed by atoms with Crippen molar-refractivity contribution >= 4 is 17.7 Å². The summed E-state index contributed by atoms with van der Waals surface area (Å²) in [6.07, 6.45) is 2.65. The van der Waals surface area contributed by atoms with Crippen molar-refractivity contribution in [2.45, 2.75) is 16.6 Å². The second-order valence-electron chi connectivity index (χ2n) is 4.71. The third kappa shape index (κ3) is 3.10. The Morgan fingerprint density at radius 3 is 3.14 bits per heavy atom. The number of fused-ring (bicyclic) bond motifs is 1. The van der Waals surface area contributed by atoms with Gasteiger partial charge in [-0.25, -0.2) is 14.4 Å². The Kier molecular flexibility index (Phi) is 4.24. The molecule has 0 saturated heterocycles. The fraction of sp³-hybridized carbons (Fsp3) is 0.333. The van der Waals surface area contributed by atoms with Gasteiger partial charge in [0, 0.05) is 17.6 Å². The van der Waals surface area contributed by atoms with Crippen LogP contribution < -0.4 is 10.1 Å². The molecule has 0 amide bonds. The van der Waals surface area contributed by atoms with Crippen LogP contribution >= 0.6 is 11.8 Å². The minimum Gasteiger partial charge on any atom is -0.497 e. The molecule has 21 heavy (non-hydrogen) atoms. The number of anilines is 1. The van der Waals surface area contributed by atoms with Crippen LogP contribution in [0.25, 0.3) is 0 Å². The molecule has 0 fully saturated rings. The first kappa shape index (κ1) is 14.1. The molecule has 110 valence electrons. The zero-order chi connectivity index (χ0) is 14.7. The van der Waals surface area contributed by atoms with Crippen LogP contribution in [0.5, 0.6) is 5.75 Å². The smallest absolute Gasteiger partial charge is 0.222 e. The summed E-state index contributed by atoms with van der Waals surface area (Å²) in [5.41, 5.74) is 2.27. The van der Waals surface area contributed by atoms with Crippen molar-refractivity contribution in [3.8, 4) is 5.75 Å². The Bertz CT molecular complexity index is 638. The number of aromatic nitrogens is 2. The van der Waals surface area contributed by atoms with E-state index in [9.17, 15) is 4.39 Å². The predicted molar refractivity (Wildman–Crippen MR) is 81.8 cm³/mol. The van der Waals surface area contributed by atoms with E-state index in [1.54, 1.807) is 25.1 Å². The molecule has 1 aromatic heterocycles. The highest BCUT2D eigenvalue weighted by molar-refractivity contribution is 7.99. The quantitative estimate of drug-likeness (QED) is 0.919. The first-order chi connectivity index (χ1) is 10.3. The summed E-state index contributed by atoms with van der Waals surface area (Å²) in [6.45, 7) is -0.199. The number of nitrogens with zero attached hydrogens (tertiary/aromatic N) is 2. The molecule has 0 aliphatic carbocycles. The molecule has 0 radical (unpaired) electrons. The van der Waals surface area contributed by atoms with E-state index in [2.05, 4.69) is 27.4 Å². The molecule has 6 heteroatoms. The molecule has 1 atom stereocenters. The highest BCUT2D eigenvalue weighted by atomic mass is 32.2. The highest BCUT2D eigenvalue weighted by Crippen LogP contribution is 2.46. The molecule has 1 aromatic carbocycles. The molecule has 1 unspecified atom stereocenters. The Balaban J connectivity index is 1.77. The number of hydrogen-bond acceptors (Lipinski definition) is 5. The van der Waals surface area contributed by atoms with Crippen molar-refractivity contribution in [2.75, 3.05) is 25.6 Å². The summed E-state index contributed by atoms with van der Waals surface area (Å²) in [4.78, 5) is 9.82. The van der Waals surface area contributed by atoms with Gasteiger partial charge in [0.1, 0.15) is 12.4 Å². The molecule has 0 spiro atoms. The summed E-state index contributed by atoms with van der Waals surface area (Å²) in [7, 11) is 1.67. The number of halogens is 1. The number of nitrogens with one attached hydrogen (secondary N) is 1. The van der Waals surface area contributed by atoms with Gasteiger partial charge in [-0.3, -0.25) is 0 Å². The van der Waals surface area contributed by atoms with Gasteiger partial charge in [0.2, 0.25) is 5.95 Å². The van der Waals surface area contributed by atoms with Crippen molar-refractivity contribution < 1.29 is 9.13 Å². The fourth-order valence-electron chi connectivity index (χ4n) is 2.30. The van der Waals surface area contributed by atoms with Gasteiger partial charge >= 0.3 is 0 Å². The Morgan fingerprint density at radius 2 is 2.33 bits per heavy atom. The van der Waals surface area contributed by atoms with Crippen LogP contribution in [-0.4, -0.2) is 30.3 Å². The van der Waals surface area contributed by atoms with E-state index in [1.165, 1.54) is 10.5 Å². The van der Waals surface area contributed by atoms with Crippen LogP contribution in [0, 0.1) is 0 Å². The molecular weight excluding hydrogens is 289 g/mol. The number of rotatable bonds is 5. The van der Waals surface area contributed by atoms with E-state index in [-0.39, 0.29) is 11.8 Å². The highest BCUT2D eigenvalue weighted by Gasteiger charge is 2.25. The van der Waals surface area contributed by atoms with Gasteiger partial charge in [-0.05, 0) is 30.2 Å².